The van der Waals surface area contributed by atoms with Gasteiger partial charge in [-0.15, -0.1) is 0 Å². The summed E-state index contributed by atoms with van der Waals surface area (Å²) in [7, 11) is 4.05. The fraction of sp³-hybridized carbons (Fsp3) is 0.321. The molecule has 0 spiro atoms. The van der Waals surface area contributed by atoms with Crippen molar-refractivity contribution in [3.63, 3.8) is 0 Å². The van der Waals surface area contributed by atoms with Crippen LogP contribution in [-0.2, 0) is 0 Å². The van der Waals surface area contributed by atoms with Gasteiger partial charge in [0.05, 0.1) is 22.3 Å². The van der Waals surface area contributed by atoms with Gasteiger partial charge in [-0.1, -0.05) is 36.9 Å². The summed E-state index contributed by atoms with van der Waals surface area (Å²) in [6.07, 6.45) is 4.23. The Labute approximate surface area is 222 Å². The zero-order valence-electron chi connectivity index (χ0n) is 22.0. The lowest BCUT2D eigenvalue weighted by molar-refractivity contribution is 0.0954. The second-order valence-electron chi connectivity index (χ2n) is 9.26. The molecule has 0 unspecified atom stereocenters. The zero-order chi connectivity index (χ0) is 26.9. The number of amides is 1. The summed E-state index contributed by atoms with van der Waals surface area (Å²) in [4.78, 5) is 32.4. The van der Waals surface area contributed by atoms with E-state index < -0.39 is 0 Å². The highest BCUT2D eigenvalue weighted by Gasteiger charge is 2.15. The Hall–Kier alpha value is -4.31. The average molecular weight is 514 g/mol. The number of para-hydroxylation sites is 2. The summed E-state index contributed by atoms with van der Waals surface area (Å²) in [6, 6.07) is 13.8. The van der Waals surface area contributed by atoms with Gasteiger partial charge in [0, 0.05) is 30.4 Å². The molecule has 5 N–H and O–H groups in total. The molecule has 4 aromatic rings. The number of aromatic nitrogens is 4. The van der Waals surface area contributed by atoms with E-state index in [0.29, 0.717) is 35.9 Å². The van der Waals surface area contributed by atoms with Gasteiger partial charge in [0.1, 0.15) is 0 Å². The lowest BCUT2D eigenvalue weighted by atomic mass is 10.0. The maximum atomic E-state index is 13.0. The van der Waals surface area contributed by atoms with E-state index in [4.69, 9.17) is 10.7 Å². The Balaban J connectivity index is 1.45. The topological polar surface area (TPSA) is 134 Å². The van der Waals surface area contributed by atoms with Crippen LogP contribution in [0.1, 0.15) is 35.4 Å². The maximum absolute atomic E-state index is 13.0. The van der Waals surface area contributed by atoms with E-state index in [-0.39, 0.29) is 11.9 Å². The van der Waals surface area contributed by atoms with Crippen LogP contribution in [0.15, 0.2) is 49.0 Å². The molecule has 38 heavy (non-hydrogen) atoms. The Bertz CT molecular complexity index is 1420. The Morgan fingerprint density at radius 3 is 2.47 bits per heavy atom. The molecule has 198 valence electrons. The molecule has 0 bridgehead atoms. The molecule has 2 aromatic carbocycles. The fourth-order valence-electron chi connectivity index (χ4n) is 4.22. The first-order valence-electron chi connectivity index (χ1n) is 12.8. The van der Waals surface area contributed by atoms with E-state index in [0.717, 1.165) is 54.3 Å². The van der Waals surface area contributed by atoms with Crippen molar-refractivity contribution in [2.75, 3.05) is 56.6 Å². The van der Waals surface area contributed by atoms with Crippen LogP contribution in [0.25, 0.3) is 27.9 Å². The molecule has 0 saturated carbocycles. The number of fused-ring (bicyclic) bond motifs is 2. The van der Waals surface area contributed by atoms with Crippen molar-refractivity contribution in [2.45, 2.75) is 19.3 Å². The van der Waals surface area contributed by atoms with Gasteiger partial charge in [-0.3, -0.25) is 4.79 Å². The Morgan fingerprint density at radius 2 is 1.68 bits per heavy atom. The molecule has 0 saturated heterocycles. The molecule has 10 heteroatoms. The number of hydrogen-bond donors (Lipinski definition) is 4. The van der Waals surface area contributed by atoms with Crippen molar-refractivity contribution in [1.82, 2.24) is 30.2 Å². The second-order valence-corrected chi connectivity index (χ2v) is 9.26. The van der Waals surface area contributed by atoms with Crippen molar-refractivity contribution < 1.29 is 4.79 Å². The molecule has 1 amide bonds. The minimum Gasteiger partial charge on any atom is -0.384 e. The van der Waals surface area contributed by atoms with Crippen LogP contribution in [0.3, 0.4) is 0 Å². The highest BCUT2D eigenvalue weighted by molar-refractivity contribution is 6.14. The summed E-state index contributed by atoms with van der Waals surface area (Å²) in [6.45, 7) is 6.65. The fourth-order valence-corrected chi connectivity index (χ4v) is 4.22. The van der Waals surface area contributed by atoms with Crippen molar-refractivity contribution in [2.24, 2.45) is 0 Å². The SMILES string of the molecule is C=Cc1nc(N)nc(NCCCCNc2c3ccccc3nc3c(C(=O)NCCCN(C)C)cccc23)n1. The molecular formula is C28H35N9O. The number of rotatable bonds is 13. The van der Waals surface area contributed by atoms with E-state index >= 15 is 0 Å². The second kappa shape index (κ2) is 12.8. The van der Waals surface area contributed by atoms with Crippen LogP contribution in [0, 0.1) is 0 Å². The minimum atomic E-state index is -0.104. The third-order valence-corrected chi connectivity index (χ3v) is 6.06. The number of hydrogen-bond acceptors (Lipinski definition) is 9. The van der Waals surface area contributed by atoms with Gasteiger partial charge in [-0.2, -0.15) is 15.0 Å². The quantitative estimate of drug-likeness (QED) is 0.156. The third-order valence-electron chi connectivity index (χ3n) is 6.06. The predicted molar refractivity (Wildman–Crippen MR) is 155 cm³/mol. The lowest BCUT2D eigenvalue weighted by Gasteiger charge is -2.15. The number of carbonyl (C=O) groups excluding carboxylic acids is 1. The monoisotopic (exact) mass is 513 g/mol. The van der Waals surface area contributed by atoms with Gasteiger partial charge in [0.2, 0.25) is 11.9 Å². The number of anilines is 3. The number of benzene rings is 2. The van der Waals surface area contributed by atoms with Gasteiger partial charge >= 0.3 is 0 Å². The first-order chi connectivity index (χ1) is 18.5. The summed E-state index contributed by atoms with van der Waals surface area (Å²) in [5.41, 5.74) is 8.84. The van der Waals surface area contributed by atoms with Crippen LogP contribution < -0.4 is 21.7 Å². The highest BCUT2D eigenvalue weighted by Crippen LogP contribution is 2.32. The first-order valence-corrected chi connectivity index (χ1v) is 12.8. The summed E-state index contributed by atoms with van der Waals surface area (Å²) in [5, 5.41) is 11.8. The van der Waals surface area contributed by atoms with Gasteiger partial charge in [-0.05, 0) is 58.1 Å². The van der Waals surface area contributed by atoms with Crippen LogP contribution in [0.5, 0.6) is 0 Å². The van der Waals surface area contributed by atoms with Crippen molar-refractivity contribution in [3.05, 3.63) is 60.4 Å². The zero-order valence-corrected chi connectivity index (χ0v) is 22.0. The van der Waals surface area contributed by atoms with Crippen LogP contribution in [0.2, 0.25) is 0 Å². The van der Waals surface area contributed by atoms with Crippen molar-refractivity contribution in [1.29, 1.82) is 0 Å². The normalized spacial score (nSPS) is 11.1. The summed E-state index contributed by atoms with van der Waals surface area (Å²) >= 11 is 0. The molecule has 2 heterocycles. The average Bonchev–Trinajstić information content (AvgIpc) is 2.91. The number of nitrogen functional groups attached to an aromatic ring is 1. The van der Waals surface area contributed by atoms with Crippen LogP contribution in [0.4, 0.5) is 17.6 Å². The van der Waals surface area contributed by atoms with Crippen LogP contribution >= 0.6 is 0 Å². The standard InChI is InChI=1S/C28H35N9O/c1-4-23-34-27(29)36-28(35-23)32-16-8-7-15-30-24-19-11-5-6-14-22(19)33-25-20(24)12-9-13-21(25)26(38)31-17-10-18-37(2)3/h4-6,9,11-14H,1,7-8,10,15-18H2,2-3H3,(H,30,33)(H,31,38)(H3,29,32,34,35,36). The molecule has 0 fully saturated rings. The first kappa shape index (κ1) is 26.7. The van der Waals surface area contributed by atoms with E-state index in [9.17, 15) is 4.79 Å². The highest BCUT2D eigenvalue weighted by atomic mass is 16.1. The molecule has 0 atom stereocenters. The van der Waals surface area contributed by atoms with Gasteiger partial charge in [0.25, 0.3) is 5.91 Å². The molecule has 4 rings (SSSR count). The molecule has 10 nitrogen and oxygen atoms in total. The summed E-state index contributed by atoms with van der Waals surface area (Å²) in [5.74, 6) is 0.948. The largest absolute Gasteiger partial charge is 0.384 e. The summed E-state index contributed by atoms with van der Waals surface area (Å²) < 4.78 is 0. The Morgan fingerprint density at radius 1 is 0.921 bits per heavy atom. The predicted octanol–water partition coefficient (Wildman–Crippen LogP) is 3.78. The van der Waals surface area contributed by atoms with E-state index in [1.807, 2.05) is 50.5 Å². The third kappa shape index (κ3) is 6.71. The van der Waals surface area contributed by atoms with Gasteiger partial charge in [-0.25, -0.2) is 4.98 Å². The van der Waals surface area contributed by atoms with Crippen LogP contribution in [-0.4, -0.2) is 71.0 Å². The smallest absolute Gasteiger partial charge is 0.253 e. The lowest BCUT2D eigenvalue weighted by Crippen LogP contribution is -2.27. The van der Waals surface area contributed by atoms with Crippen molar-refractivity contribution >= 4 is 51.4 Å². The Kier molecular flexibility index (Phi) is 8.99. The molecule has 2 aromatic heterocycles. The van der Waals surface area contributed by atoms with Crippen molar-refractivity contribution in [3.8, 4) is 0 Å². The molecule has 0 radical (unpaired) electrons. The van der Waals surface area contributed by atoms with E-state index in [2.05, 4.69) is 48.4 Å². The number of carbonyl (C=O) groups is 1. The minimum absolute atomic E-state index is 0.104. The molecule has 0 aliphatic heterocycles. The van der Waals surface area contributed by atoms with Gasteiger partial charge in [0.15, 0.2) is 5.82 Å². The van der Waals surface area contributed by atoms with Gasteiger partial charge < -0.3 is 26.6 Å². The molecular weight excluding hydrogens is 478 g/mol. The number of pyridine rings is 1. The number of nitrogens with two attached hydrogens (primary N) is 1. The van der Waals surface area contributed by atoms with E-state index in [1.165, 1.54) is 6.08 Å². The number of nitrogens with zero attached hydrogens (tertiary/aromatic N) is 5. The molecule has 0 aliphatic rings. The van der Waals surface area contributed by atoms with E-state index in [1.54, 1.807) is 0 Å². The molecule has 0 aliphatic carbocycles. The number of nitrogens with one attached hydrogen (secondary N) is 3. The number of unbranched alkanes of at least 4 members (excludes halogenated alkanes) is 1. The maximum Gasteiger partial charge on any atom is 0.253 e.